The van der Waals surface area contributed by atoms with Crippen LogP contribution in [-0.2, 0) is 23.0 Å². The molecule has 0 spiro atoms. The number of pyridine rings is 2. The molecule has 0 aromatic carbocycles. The van der Waals surface area contributed by atoms with E-state index in [4.69, 9.17) is 9.26 Å². The Balaban J connectivity index is 1.30. The molecular formula is C23H24N4O5S. The van der Waals surface area contributed by atoms with E-state index in [1.807, 2.05) is 26.0 Å². The van der Waals surface area contributed by atoms with Crippen molar-refractivity contribution in [3.05, 3.63) is 58.7 Å². The highest BCUT2D eigenvalue weighted by Crippen LogP contribution is 2.31. The van der Waals surface area contributed by atoms with E-state index < -0.39 is 9.84 Å². The van der Waals surface area contributed by atoms with Gasteiger partial charge in [0.05, 0.1) is 22.6 Å². The monoisotopic (exact) mass is 468 g/mol. The minimum Gasteiger partial charge on any atom is -0.473 e. The Hall–Kier alpha value is -3.27. The van der Waals surface area contributed by atoms with Crippen LogP contribution >= 0.6 is 0 Å². The van der Waals surface area contributed by atoms with Crippen molar-refractivity contribution in [1.29, 1.82) is 0 Å². The molecule has 5 heterocycles. The van der Waals surface area contributed by atoms with Gasteiger partial charge >= 0.3 is 0 Å². The predicted octanol–water partition coefficient (Wildman–Crippen LogP) is 2.86. The van der Waals surface area contributed by atoms with Gasteiger partial charge in [0.15, 0.2) is 0 Å². The molecule has 0 unspecified atom stereocenters. The molecule has 1 saturated heterocycles. The first-order chi connectivity index (χ1) is 15.8. The van der Waals surface area contributed by atoms with E-state index in [2.05, 4.69) is 15.1 Å². The van der Waals surface area contributed by atoms with Crippen LogP contribution in [-0.4, -0.2) is 51.9 Å². The van der Waals surface area contributed by atoms with Crippen LogP contribution < -0.4 is 4.74 Å². The molecule has 2 aliphatic rings. The summed E-state index contributed by atoms with van der Waals surface area (Å²) in [6.07, 6.45) is 4.24. The second-order valence-electron chi connectivity index (χ2n) is 8.54. The highest BCUT2D eigenvalue weighted by atomic mass is 32.2. The van der Waals surface area contributed by atoms with Crippen LogP contribution in [0.1, 0.15) is 45.8 Å². The molecule has 0 bridgehead atoms. The molecule has 3 aromatic rings. The number of carbonyl (C=O) groups is 1. The molecule has 1 amide bonds. The van der Waals surface area contributed by atoms with Crippen LogP contribution in [0.25, 0.3) is 11.3 Å². The Morgan fingerprint density at radius 3 is 2.67 bits per heavy atom. The fraction of sp³-hybridized carbons (Fsp3) is 0.391. The molecule has 5 rings (SSSR count). The van der Waals surface area contributed by atoms with Crippen molar-refractivity contribution >= 4 is 15.7 Å². The second-order valence-corrected chi connectivity index (χ2v) is 10.8. The number of amides is 1. The van der Waals surface area contributed by atoms with Crippen molar-refractivity contribution in [1.82, 2.24) is 20.0 Å². The average Bonchev–Trinajstić information content (AvgIpc) is 3.32. The minimum absolute atomic E-state index is 0.0666. The van der Waals surface area contributed by atoms with E-state index in [1.165, 1.54) is 6.20 Å². The number of aromatic nitrogens is 3. The number of fused-ring (bicyclic) bond motifs is 1. The smallest absolute Gasteiger partial charge is 0.256 e. The van der Waals surface area contributed by atoms with Gasteiger partial charge in [0.1, 0.15) is 27.9 Å². The first-order valence-electron chi connectivity index (χ1n) is 10.8. The quantitative estimate of drug-likeness (QED) is 0.561. The molecule has 0 N–H and O–H groups in total. The second kappa shape index (κ2) is 8.26. The maximum atomic E-state index is 12.9. The summed E-state index contributed by atoms with van der Waals surface area (Å²) in [5.41, 5.74) is 4.62. The molecule has 0 aliphatic carbocycles. The lowest BCUT2D eigenvalue weighted by atomic mass is 10.1. The Bertz CT molecular complexity index is 1300. The van der Waals surface area contributed by atoms with Gasteiger partial charge in [-0.15, -0.1) is 0 Å². The van der Waals surface area contributed by atoms with Gasteiger partial charge in [0.25, 0.3) is 5.91 Å². The van der Waals surface area contributed by atoms with Gasteiger partial charge < -0.3 is 14.2 Å². The molecule has 9 nitrogen and oxygen atoms in total. The van der Waals surface area contributed by atoms with Gasteiger partial charge in [0, 0.05) is 42.3 Å². The van der Waals surface area contributed by atoms with Gasteiger partial charge in [-0.2, -0.15) is 0 Å². The Labute approximate surface area is 191 Å². The maximum Gasteiger partial charge on any atom is 0.256 e. The number of ether oxygens (including phenoxy) is 1. The Morgan fingerprint density at radius 2 is 1.94 bits per heavy atom. The van der Waals surface area contributed by atoms with Crippen LogP contribution in [0.2, 0.25) is 0 Å². The molecular weight excluding hydrogens is 444 g/mol. The number of aryl methyl sites for hydroxylation is 2. The molecule has 0 radical (unpaired) electrons. The topological polar surface area (TPSA) is 115 Å². The number of hydrogen-bond donors (Lipinski definition) is 0. The van der Waals surface area contributed by atoms with Crippen LogP contribution in [0.5, 0.6) is 5.88 Å². The summed E-state index contributed by atoms with van der Waals surface area (Å²) in [5.74, 6) is 1.21. The normalized spacial score (nSPS) is 17.9. The zero-order valence-corrected chi connectivity index (χ0v) is 19.3. The first-order valence-corrected chi connectivity index (χ1v) is 12.6. The molecule has 10 heteroatoms. The number of nitrogens with zero attached hydrogens (tertiary/aromatic N) is 4. The fourth-order valence-electron chi connectivity index (χ4n) is 4.31. The summed E-state index contributed by atoms with van der Waals surface area (Å²) >= 11 is 0. The number of sulfone groups is 1. The number of rotatable bonds is 5. The molecule has 0 saturated carbocycles. The van der Waals surface area contributed by atoms with Crippen LogP contribution in [0.3, 0.4) is 0 Å². The third kappa shape index (κ3) is 4.22. The van der Waals surface area contributed by atoms with E-state index in [-0.39, 0.29) is 30.1 Å². The molecule has 2 aliphatic heterocycles. The third-order valence-electron chi connectivity index (χ3n) is 6.30. The summed E-state index contributed by atoms with van der Waals surface area (Å²) in [5, 5.41) is 4.16. The SMILES string of the molecule is Cc1ccc(-c2noc(C)c2COc2cc3c(cn2)C(=O)N(C2CCS(=O)(=O)CC2)C3)cn1. The van der Waals surface area contributed by atoms with Crippen LogP contribution in [0.15, 0.2) is 35.1 Å². The highest BCUT2D eigenvalue weighted by molar-refractivity contribution is 7.91. The molecule has 1 fully saturated rings. The summed E-state index contributed by atoms with van der Waals surface area (Å²) in [6.45, 7) is 4.39. The standard InChI is InChI=1S/C23H24N4O5S/c1-14-3-4-16(10-24-14)22-20(15(2)32-26-22)13-31-21-9-17-12-27(23(28)19(17)11-25-21)18-5-7-33(29,30)8-6-18/h3-4,9-11,18H,5-8,12-13H2,1-2H3. The number of carbonyl (C=O) groups excluding carboxylic acids is 1. The van der Waals surface area contributed by atoms with Crippen LogP contribution in [0.4, 0.5) is 0 Å². The Kier molecular flexibility index (Phi) is 5.40. The maximum absolute atomic E-state index is 12.9. The first kappa shape index (κ1) is 21.6. The molecule has 33 heavy (non-hydrogen) atoms. The van der Waals surface area contributed by atoms with Crippen molar-refractivity contribution in [2.75, 3.05) is 11.5 Å². The lowest BCUT2D eigenvalue weighted by Crippen LogP contribution is -2.41. The van der Waals surface area contributed by atoms with Gasteiger partial charge in [-0.1, -0.05) is 5.16 Å². The average molecular weight is 469 g/mol. The fourth-order valence-corrected chi connectivity index (χ4v) is 5.78. The van der Waals surface area contributed by atoms with Gasteiger partial charge in [-0.3, -0.25) is 9.78 Å². The summed E-state index contributed by atoms with van der Waals surface area (Å²) < 4.78 is 34.8. The van der Waals surface area contributed by atoms with Crippen molar-refractivity contribution in [2.45, 2.75) is 45.9 Å². The van der Waals surface area contributed by atoms with Crippen molar-refractivity contribution in [2.24, 2.45) is 0 Å². The summed E-state index contributed by atoms with van der Waals surface area (Å²) in [6, 6.07) is 5.57. The highest BCUT2D eigenvalue weighted by Gasteiger charge is 2.36. The zero-order valence-electron chi connectivity index (χ0n) is 18.4. The third-order valence-corrected chi connectivity index (χ3v) is 8.01. The molecule has 0 atom stereocenters. The van der Waals surface area contributed by atoms with Crippen molar-refractivity contribution < 1.29 is 22.5 Å². The summed E-state index contributed by atoms with van der Waals surface area (Å²) in [4.78, 5) is 23.3. The lowest BCUT2D eigenvalue weighted by molar-refractivity contribution is 0.0690. The molecule has 172 valence electrons. The van der Waals surface area contributed by atoms with E-state index in [9.17, 15) is 13.2 Å². The lowest BCUT2D eigenvalue weighted by Gasteiger charge is -2.30. The zero-order chi connectivity index (χ0) is 23.2. The minimum atomic E-state index is -2.98. The van der Waals surface area contributed by atoms with Crippen LogP contribution in [0, 0.1) is 13.8 Å². The van der Waals surface area contributed by atoms with E-state index in [1.54, 1.807) is 17.2 Å². The van der Waals surface area contributed by atoms with E-state index in [0.29, 0.717) is 42.3 Å². The van der Waals surface area contributed by atoms with Crippen molar-refractivity contribution in [3.63, 3.8) is 0 Å². The van der Waals surface area contributed by atoms with Gasteiger partial charge in [-0.25, -0.2) is 13.4 Å². The summed E-state index contributed by atoms with van der Waals surface area (Å²) in [7, 11) is -2.98. The largest absolute Gasteiger partial charge is 0.473 e. The van der Waals surface area contributed by atoms with Gasteiger partial charge in [-0.05, 0) is 44.4 Å². The number of hydrogen-bond acceptors (Lipinski definition) is 8. The predicted molar refractivity (Wildman–Crippen MR) is 119 cm³/mol. The van der Waals surface area contributed by atoms with Gasteiger partial charge in [0.2, 0.25) is 5.88 Å². The van der Waals surface area contributed by atoms with E-state index >= 15 is 0 Å². The van der Waals surface area contributed by atoms with Crippen molar-refractivity contribution in [3.8, 4) is 17.1 Å². The van der Waals surface area contributed by atoms with E-state index in [0.717, 1.165) is 22.4 Å². The Morgan fingerprint density at radius 1 is 1.15 bits per heavy atom. The molecule has 3 aromatic heterocycles.